The van der Waals surface area contributed by atoms with E-state index in [4.69, 9.17) is 0 Å². The Balaban J connectivity index is 2.64. The number of hydrogen-bond acceptors (Lipinski definition) is 2. The molecule has 0 aliphatic rings. The summed E-state index contributed by atoms with van der Waals surface area (Å²) in [6.07, 6.45) is 10.3. The molecule has 2 rings (SSSR count). The lowest BCUT2D eigenvalue weighted by molar-refractivity contribution is 0.0987. The summed E-state index contributed by atoms with van der Waals surface area (Å²) < 4.78 is 0. The number of carbonyl (C=O) groups is 2. The topological polar surface area (TPSA) is 34.1 Å². The maximum atomic E-state index is 13.9. The molecule has 31 heavy (non-hydrogen) atoms. The molecule has 0 N–H and O–H groups in total. The first-order valence-corrected chi connectivity index (χ1v) is 14.3. The van der Waals surface area contributed by atoms with Crippen molar-refractivity contribution in [2.24, 2.45) is 0 Å². The van der Waals surface area contributed by atoms with Gasteiger partial charge in [-0.1, -0.05) is 108 Å². The van der Waals surface area contributed by atoms with Crippen LogP contribution in [0.25, 0.3) is 0 Å². The molecule has 0 saturated carbocycles. The first-order chi connectivity index (χ1) is 15.1. The fourth-order valence-electron chi connectivity index (χ4n) is 4.22. The molecule has 0 atom stereocenters. The zero-order valence-corrected chi connectivity index (χ0v) is 20.5. The summed E-state index contributed by atoms with van der Waals surface area (Å²) in [7, 11) is 0. The summed E-state index contributed by atoms with van der Waals surface area (Å²) in [6.45, 7) is 4.97. The molecule has 2 aromatic carbocycles. The molecule has 168 valence electrons. The molecule has 0 saturated heterocycles. The predicted molar refractivity (Wildman–Crippen MR) is 137 cm³/mol. The summed E-state index contributed by atoms with van der Waals surface area (Å²) in [5.41, 5.74) is 1.44. The Morgan fingerprint density at radius 2 is 1.06 bits per heavy atom. The second kappa shape index (κ2) is 13.5. The van der Waals surface area contributed by atoms with E-state index in [0.29, 0.717) is 5.56 Å². The molecule has 0 aromatic heterocycles. The quantitative estimate of drug-likeness (QED) is 0.223. The second-order valence-corrected chi connectivity index (χ2v) is 12.7. The molecule has 0 unspecified atom stereocenters. The second-order valence-electron chi connectivity index (χ2n) is 8.48. The lowest BCUT2D eigenvalue weighted by Crippen LogP contribution is -2.24. The van der Waals surface area contributed by atoms with Gasteiger partial charge in [0.25, 0.3) is 0 Å². The van der Waals surface area contributed by atoms with Crippen LogP contribution in [0.5, 0.6) is 0 Å². The first kappa shape index (κ1) is 25.3. The third kappa shape index (κ3) is 7.32. The number of unbranched alkanes of at least 4 members (excludes halogenated alkanes) is 3. The van der Waals surface area contributed by atoms with Crippen molar-refractivity contribution >= 4 is 23.7 Å². The average molecular weight is 439 g/mol. The number of benzene rings is 2. The first-order valence-electron chi connectivity index (χ1n) is 12.0. The van der Waals surface area contributed by atoms with E-state index in [-0.39, 0.29) is 18.0 Å². The van der Waals surface area contributed by atoms with Gasteiger partial charge in [-0.3, -0.25) is 9.59 Å². The Morgan fingerprint density at radius 1 is 0.645 bits per heavy atom. The van der Waals surface area contributed by atoms with E-state index in [0.717, 1.165) is 67.9 Å². The largest absolute Gasteiger partial charge is 0.294 e. The summed E-state index contributed by atoms with van der Waals surface area (Å²) in [5.74, 6) is 0.190. The maximum Gasteiger partial charge on any atom is 0.189 e. The minimum Gasteiger partial charge on any atom is -0.294 e. The highest BCUT2D eigenvalue weighted by molar-refractivity contribution is 7.78. The van der Waals surface area contributed by atoms with Crippen LogP contribution in [0.4, 0.5) is 0 Å². The lowest BCUT2D eigenvalue weighted by Gasteiger charge is -2.31. The molecule has 0 radical (unpaired) electrons. The Hall–Kier alpha value is -1.92. The van der Waals surface area contributed by atoms with Crippen molar-refractivity contribution in [3.8, 4) is 0 Å². The number of rotatable bonds is 14. The molecule has 0 amide bonds. The van der Waals surface area contributed by atoms with Crippen LogP contribution in [-0.4, -0.2) is 35.3 Å². The van der Waals surface area contributed by atoms with E-state index in [1.807, 2.05) is 60.7 Å². The summed E-state index contributed by atoms with van der Waals surface area (Å²) in [4.78, 5) is 27.2. The zero-order chi connectivity index (χ0) is 22.5. The van der Waals surface area contributed by atoms with Gasteiger partial charge in [-0.05, 0) is 37.7 Å². The van der Waals surface area contributed by atoms with Gasteiger partial charge in [0.05, 0.1) is 0 Å². The fourth-order valence-corrected chi connectivity index (χ4v) is 9.50. The van der Waals surface area contributed by atoms with Gasteiger partial charge in [0.1, 0.15) is 0 Å². The molecular weight excluding hydrogens is 399 g/mol. The Labute approximate surface area is 189 Å². The van der Waals surface area contributed by atoms with Crippen LogP contribution in [0, 0.1) is 0 Å². The van der Waals surface area contributed by atoms with E-state index in [1.54, 1.807) is 0 Å². The van der Waals surface area contributed by atoms with Crippen molar-refractivity contribution in [1.29, 1.82) is 0 Å². The van der Waals surface area contributed by atoms with E-state index < -0.39 is 6.89 Å². The Morgan fingerprint density at radius 3 is 1.48 bits per heavy atom. The zero-order valence-electron chi connectivity index (χ0n) is 19.6. The predicted octanol–water partition coefficient (Wildman–Crippen LogP) is 7.73. The third-order valence-corrected chi connectivity index (χ3v) is 11.1. The van der Waals surface area contributed by atoms with Crippen LogP contribution in [0.3, 0.4) is 0 Å². The normalized spacial score (nSPS) is 11.3. The van der Waals surface area contributed by atoms with E-state index >= 15 is 0 Å². The average Bonchev–Trinajstić information content (AvgIpc) is 2.83. The van der Waals surface area contributed by atoms with Gasteiger partial charge in [0.15, 0.2) is 11.6 Å². The molecule has 0 fully saturated rings. The van der Waals surface area contributed by atoms with E-state index in [1.165, 1.54) is 0 Å². The summed E-state index contributed by atoms with van der Waals surface area (Å²) >= 11 is 0. The number of carbonyl (C=O) groups excluding carboxylic acids is 2. The van der Waals surface area contributed by atoms with Crippen molar-refractivity contribution in [3.63, 3.8) is 0 Å². The van der Waals surface area contributed by atoms with Crippen molar-refractivity contribution in [1.82, 2.24) is 0 Å². The van der Waals surface area contributed by atoms with Crippen LogP contribution >= 0.6 is 6.89 Å². The maximum absolute atomic E-state index is 13.9. The van der Waals surface area contributed by atoms with Gasteiger partial charge in [-0.15, -0.1) is 0 Å². The van der Waals surface area contributed by atoms with Gasteiger partial charge in [0.2, 0.25) is 0 Å². The molecule has 2 nitrogen and oxygen atoms in total. The SMILES string of the molecule is CCCCP(CCCC)(CCCC)=C(CC(=O)c1ccccc1)C(=O)c1ccccc1. The van der Waals surface area contributed by atoms with Crippen LogP contribution in [-0.2, 0) is 0 Å². The van der Waals surface area contributed by atoms with Crippen molar-refractivity contribution in [2.45, 2.75) is 65.7 Å². The lowest BCUT2D eigenvalue weighted by atomic mass is 10.0. The molecule has 0 heterocycles. The monoisotopic (exact) mass is 438 g/mol. The highest BCUT2D eigenvalue weighted by Crippen LogP contribution is 2.53. The molecule has 0 spiro atoms. The minimum absolute atomic E-state index is 0.0775. The number of ketones is 2. The number of hydrogen-bond donors (Lipinski definition) is 0. The Kier molecular flexibility index (Phi) is 11.0. The van der Waals surface area contributed by atoms with Gasteiger partial charge in [0, 0.05) is 22.8 Å². The number of Topliss-reactive ketones (excluding diaryl/α,β-unsaturated/α-hetero) is 2. The smallest absolute Gasteiger partial charge is 0.189 e. The summed E-state index contributed by atoms with van der Waals surface area (Å²) in [5, 5.41) is 0.947. The van der Waals surface area contributed by atoms with Crippen LogP contribution in [0.2, 0.25) is 0 Å². The highest BCUT2D eigenvalue weighted by atomic mass is 31.2. The van der Waals surface area contributed by atoms with Crippen molar-refractivity contribution in [3.05, 3.63) is 71.8 Å². The molecule has 0 aliphatic carbocycles. The molecule has 0 aliphatic heterocycles. The van der Waals surface area contributed by atoms with Crippen molar-refractivity contribution in [2.75, 3.05) is 18.5 Å². The van der Waals surface area contributed by atoms with Crippen LogP contribution in [0.1, 0.15) is 86.4 Å². The Bertz CT molecular complexity index is 840. The van der Waals surface area contributed by atoms with E-state index in [9.17, 15) is 9.59 Å². The molecular formula is C28H39O2P. The third-order valence-electron chi connectivity index (χ3n) is 6.11. The van der Waals surface area contributed by atoms with E-state index in [2.05, 4.69) is 20.8 Å². The summed E-state index contributed by atoms with van der Waals surface area (Å²) in [6, 6.07) is 19.1. The minimum atomic E-state index is -1.71. The van der Waals surface area contributed by atoms with Gasteiger partial charge < -0.3 is 0 Å². The van der Waals surface area contributed by atoms with Crippen molar-refractivity contribution < 1.29 is 9.59 Å². The standard InChI is InChI=1S/C28H39O2P/c1-4-7-20-31(21-8-5-2,22-9-6-3)27(28(30)25-18-14-11-15-19-25)23-26(29)24-16-12-10-13-17-24/h10-19H,4-9,20-23H2,1-3H3. The fraction of sp³-hybridized carbons (Fsp3) is 0.464. The van der Waals surface area contributed by atoms with Gasteiger partial charge in [-0.2, -0.15) is 0 Å². The molecule has 3 heteroatoms. The molecule has 0 bridgehead atoms. The van der Waals surface area contributed by atoms with Crippen LogP contribution < -0.4 is 0 Å². The molecule has 2 aromatic rings. The van der Waals surface area contributed by atoms with Crippen LogP contribution in [0.15, 0.2) is 60.7 Å². The van der Waals surface area contributed by atoms with Gasteiger partial charge >= 0.3 is 0 Å². The van der Waals surface area contributed by atoms with Gasteiger partial charge in [-0.25, -0.2) is 0 Å². The highest BCUT2D eigenvalue weighted by Gasteiger charge is 2.29.